The van der Waals surface area contributed by atoms with Crippen LogP contribution < -0.4 is 5.73 Å². The lowest BCUT2D eigenvalue weighted by Gasteiger charge is -2.20. The van der Waals surface area contributed by atoms with E-state index in [1.165, 1.54) is 30.8 Å². The number of nitrogens with two attached hydrogens (primary N) is 1. The summed E-state index contributed by atoms with van der Waals surface area (Å²) in [5.74, 6) is 2.44. The maximum Gasteiger partial charge on any atom is 0.126 e. The van der Waals surface area contributed by atoms with Gasteiger partial charge in [-0.05, 0) is 30.7 Å². The number of pyridine rings is 1. The van der Waals surface area contributed by atoms with Gasteiger partial charge in [0.15, 0.2) is 0 Å². The van der Waals surface area contributed by atoms with Gasteiger partial charge in [0.25, 0.3) is 0 Å². The Morgan fingerprint density at radius 1 is 1.44 bits per heavy atom. The molecule has 16 heavy (non-hydrogen) atoms. The molecule has 1 fully saturated rings. The first-order chi connectivity index (χ1) is 7.84. The van der Waals surface area contributed by atoms with Crippen molar-refractivity contribution in [1.82, 2.24) is 9.38 Å². The van der Waals surface area contributed by atoms with Gasteiger partial charge in [0, 0.05) is 11.9 Å². The molecule has 0 radical (unpaired) electrons. The van der Waals surface area contributed by atoms with E-state index in [4.69, 9.17) is 5.73 Å². The molecule has 2 aromatic rings. The van der Waals surface area contributed by atoms with Crippen molar-refractivity contribution in [3.8, 4) is 0 Å². The van der Waals surface area contributed by atoms with E-state index < -0.39 is 0 Å². The lowest BCUT2D eigenvalue weighted by Crippen LogP contribution is -2.06. The lowest BCUT2D eigenvalue weighted by atomic mass is 10.2. The fourth-order valence-corrected chi connectivity index (χ4v) is 3.53. The summed E-state index contributed by atoms with van der Waals surface area (Å²) in [5.41, 5.74) is 7.66. The summed E-state index contributed by atoms with van der Waals surface area (Å²) in [6.45, 7) is 0. The highest BCUT2D eigenvalue weighted by Crippen LogP contribution is 2.37. The number of hydrogen-bond donors (Lipinski definition) is 1. The molecule has 4 heteroatoms. The normalized spacial score (nSPS) is 21.4. The molecule has 1 aliphatic heterocycles. The third-order valence-corrected chi connectivity index (χ3v) is 4.43. The molecule has 0 bridgehead atoms. The SMILES string of the molecule is Nc1ccn2c(C3CCCCS3)ncc2c1. The highest BCUT2D eigenvalue weighted by Gasteiger charge is 2.20. The molecule has 2 aromatic heterocycles. The Bertz CT molecular complexity index is 500. The van der Waals surface area contributed by atoms with Gasteiger partial charge in [-0.1, -0.05) is 6.42 Å². The van der Waals surface area contributed by atoms with Crippen LogP contribution in [0, 0.1) is 0 Å². The summed E-state index contributed by atoms with van der Waals surface area (Å²) < 4.78 is 2.17. The smallest absolute Gasteiger partial charge is 0.126 e. The number of rotatable bonds is 1. The predicted octanol–water partition coefficient (Wildman–Crippen LogP) is 2.87. The first-order valence-electron chi connectivity index (χ1n) is 5.69. The van der Waals surface area contributed by atoms with E-state index in [2.05, 4.69) is 9.38 Å². The molecule has 1 atom stereocenters. The molecular weight excluding hydrogens is 218 g/mol. The minimum atomic E-state index is 0.555. The first kappa shape index (κ1) is 10.0. The summed E-state index contributed by atoms with van der Waals surface area (Å²) in [7, 11) is 0. The molecule has 0 aromatic carbocycles. The Balaban J connectivity index is 2.03. The molecule has 1 unspecified atom stereocenters. The van der Waals surface area contributed by atoms with Gasteiger partial charge in [-0.15, -0.1) is 0 Å². The number of anilines is 1. The molecule has 2 N–H and O–H groups in total. The van der Waals surface area contributed by atoms with Gasteiger partial charge in [-0.3, -0.25) is 0 Å². The van der Waals surface area contributed by atoms with Crippen LogP contribution in [0.1, 0.15) is 30.3 Å². The van der Waals surface area contributed by atoms with Crippen LogP contribution in [0.15, 0.2) is 24.5 Å². The fraction of sp³-hybridized carbons (Fsp3) is 0.417. The number of nitrogens with zero attached hydrogens (tertiary/aromatic N) is 2. The maximum atomic E-state index is 5.77. The highest BCUT2D eigenvalue weighted by atomic mass is 32.2. The van der Waals surface area contributed by atoms with E-state index in [0.717, 1.165) is 11.2 Å². The van der Waals surface area contributed by atoms with Crippen LogP contribution in [-0.4, -0.2) is 15.1 Å². The molecule has 0 saturated carbocycles. The summed E-state index contributed by atoms with van der Waals surface area (Å²) in [4.78, 5) is 4.55. The average Bonchev–Trinajstić information content (AvgIpc) is 2.73. The van der Waals surface area contributed by atoms with Gasteiger partial charge in [-0.25, -0.2) is 4.98 Å². The molecule has 3 rings (SSSR count). The zero-order valence-electron chi connectivity index (χ0n) is 9.10. The largest absolute Gasteiger partial charge is 0.399 e. The molecule has 0 spiro atoms. The van der Waals surface area contributed by atoms with Crippen molar-refractivity contribution in [2.45, 2.75) is 24.5 Å². The molecule has 1 aliphatic rings. The molecule has 3 heterocycles. The zero-order chi connectivity index (χ0) is 11.0. The fourth-order valence-electron chi connectivity index (χ4n) is 2.22. The quantitative estimate of drug-likeness (QED) is 0.823. The van der Waals surface area contributed by atoms with E-state index in [9.17, 15) is 0 Å². The standard InChI is InChI=1S/C12H15N3S/c13-9-4-5-15-10(7-9)8-14-12(15)11-3-1-2-6-16-11/h4-5,7-8,11H,1-3,6,13H2. The number of nitrogen functional groups attached to an aromatic ring is 1. The van der Waals surface area contributed by atoms with Crippen molar-refractivity contribution in [3.05, 3.63) is 30.4 Å². The Labute approximate surface area is 99.1 Å². The molecular formula is C12H15N3S. The van der Waals surface area contributed by atoms with E-state index in [1.807, 2.05) is 36.3 Å². The van der Waals surface area contributed by atoms with Crippen LogP contribution in [0.3, 0.4) is 0 Å². The lowest BCUT2D eigenvalue weighted by molar-refractivity contribution is 0.660. The Hall–Kier alpha value is -1.16. The van der Waals surface area contributed by atoms with E-state index in [-0.39, 0.29) is 0 Å². The minimum absolute atomic E-state index is 0.555. The molecule has 0 aliphatic carbocycles. The number of thioether (sulfide) groups is 1. The second-order valence-corrected chi connectivity index (χ2v) is 5.54. The monoisotopic (exact) mass is 233 g/mol. The van der Waals surface area contributed by atoms with E-state index >= 15 is 0 Å². The number of hydrogen-bond acceptors (Lipinski definition) is 3. The van der Waals surface area contributed by atoms with Gasteiger partial charge in [0.1, 0.15) is 5.82 Å². The Morgan fingerprint density at radius 3 is 3.19 bits per heavy atom. The molecule has 3 nitrogen and oxygen atoms in total. The average molecular weight is 233 g/mol. The Morgan fingerprint density at radius 2 is 2.38 bits per heavy atom. The van der Waals surface area contributed by atoms with Crippen molar-refractivity contribution in [2.24, 2.45) is 0 Å². The van der Waals surface area contributed by atoms with Crippen molar-refractivity contribution in [2.75, 3.05) is 11.5 Å². The van der Waals surface area contributed by atoms with Crippen molar-refractivity contribution >= 4 is 23.0 Å². The van der Waals surface area contributed by atoms with Gasteiger partial charge >= 0.3 is 0 Å². The summed E-state index contributed by atoms with van der Waals surface area (Å²) in [5, 5.41) is 0.555. The van der Waals surface area contributed by atoms with Crippen LogP contribution in [0.4, 0.5) is 5.69 Å². The third-order valence-electron chi connectivity index (χ3n) is 3.05. The summed E-state index contributed by atoms with van der Waals surface area (Å²) >= 11 is 2.03. The van der Waals surface area contributed by atoms with Gasteiger partial charge < -0.3 is 10.1 Å². The number of imidazole rings is 1. The predicted molar refractivity (Wildman–Crippen MR) is 68.7 cm³/mol. The van der Waals surface area contributed by atoms with Gasteiger partial charge in [-0.2, -0.15) is 11.8 Å². The second-order valence-electron chi connectivity index (χ2n) is 4.23. The van der Waals surface area contributed by atoms with Gasteiger partial charge in [0.2, 0.25) is 0 Å². The van der Waals surface area contributed by atoms with Crippen LogP contribution >= 0.6 is 11.8 Å². The number of aromatic nitrogens is 2. The van der Waals surface area contributed by atoms with E-state index in [1.54, 1.807) is 0 Å². The van der Waals surface area contributed by atoms with Crippen LogP contribution in [0.25, 0.3) is 5.52 Å². The minimum Gasteiger partial charge on any atom is -0.399 e. The van der Waals surface area contributed by atoms with Crippen molar-refractivity contribution in [1.29, 1.82) is 0 Å². The topological polar surface area (TPSA) is 43.3 Å². The highest BCUT2D eigenvalue weighted by molar-refractivity contribution is 7.99. The maximum absolute atomic E-state index is 5.77. The van der Waals surface area contributed by atoms with Crippen LogP contribution in [0.2, 0.25) is 0 Å². The molecule has 84 valence electrons. The molecule has 0 amide bonds. The van der Waals surface area contributed by atoms with Crippen molar-refractivity contribution in [3.63, 3.8) is 0 Å². The van der Waals surface area contributed by atoms with Gasteiger partial charge in [0.05, 0.1) is 17.0 Å². The molecule has 1 saturated heterocycles. The summed E-state index contributed by atoms with van der Waals surface area (Å²) in [6, 6.07) is 3.91. The van der Waals surface area contributed by atoms with E-state index in [0.29, 0.717) is 5.25 Å². The van der Waals surface area contributed by atoms with Crippen LogP contribution in [-0.2, 0) is 0 Å². The third kappa shape index (κ3) is 1.67. The zero-order valence-corrected chi connectivity index (χ0v) is 9.91. The van der Waals surface area contributed by atoms with Crippen LogP contribution in [0.5, 0.6) is 0 Å². The van der Waals surface area contributed by atoms with Crippen molar-refractivity contribution < 1.29 is 0 Å². The summed E-state index contributed by atoms with van der Waals surface area (Å²) in [6.07, 6.45) is 7.86. The number of fused-ring (bicyclic) bond motifs is 1. The Kier molecular flexibility index (Phi) is 2.52. The first-order valence-corrected chi connectivity index (χ1v) is 6.73. The second kappa shape index (κ2) is 4.01.